The van der Waals surface area contributed by atoms with Crippen molar-refractivity contribution in [2.75, 3.05) is 0 Å². The molecule has 9 nitrogen and oxygen atoms in total. The molecule has 0 aliphatic carbocycles. The quantitative estimate of drug-likeness (QED) is 0.404. The fourth-order valence-electron chi connectivity index (χ4n) is 2.61. The summed E-state index contributed by atoms with van der Waals surface area (Å²) < 4.78 is 7.30. The third kappa shape index (κ3) is 4.20. The predicted molar refractivity (Wildman–Crippen MR) is 99.7 cm³/mol. The molecule has 0 unspecified atom stereocenters. The van der Waals surface area contributed by atoms with Crippen molar-refractivity contribution in [1.29, 1.82) is 0 Å². The normalized spacial score (nSPS) is 13.9. The van der Waals surface area contributed by atoms with Crippen LogP contribution in [0.15, 0.2) is 65.6 Å². The number of pyridine rings is 2. The standard InChI is InChI=1S/C17H16N6O3.Na/c24-15(18-17-19-21-22-20-17)12-10-14(26-11-6-2-1-3-7-11)13-8-4-5-9-23(13)16(12)25;/h1-10,17,19-22H,(H,18,24);. The number of para-hydroxylation sites is 1. The summed E-state index contributed by atoms with van der Waals surface area (Å²) in [6.07, 6.45) is 1.03. The van der Waals surface area contributed by atoms with Crippen molar-refractivity contribution in [1.82, 2.24) is 31.6 Å². The maximum atomic E-state index is 12.7. The van der Waals surface area contributed by atoms with Crippen LogP contribution in [0.2, 0.25) is 0 Å². The fourth-order valence-corrected chi connectivity index (χ4v) is 2.61. The number of nitrogens with one attached hydrogen (secondary N) is 5. The van der Waals surface area contributed by atoms with E-state index in [1.54, 1.807) is 36.5 Å². The summed E-state index contributed by atoms with van der Waals surface area (Å²) in [6.45, 7) is 0. The van der Waals surface area contributed by atoms with Crippen LogP contribution in [0, 0.1) is 0 Å². The third-order valence-electron chi connectivity index (χ3n) is 3.82. The summed E-state index contributed by atoms with van der Waals surface area (Å²) in [7, 11) is 0. The summed E-state index contributed by atoms with van der Waals surface area (Å²) in [5, 5.41) is 2.64. The first kappa shape index (κ1) is 19.5. The molecule has 1 fully saturated rings. The molecular formula is C17H16N6NaO3. The van der Waals surface area contributed by atoms with Gasteiger partial charge < -0.3 is 10.1 Å². The first-order valence-corrected chi connectivity index (χ1v) is 7.91. The molecule has 0 atom stereocenters. The zero-order valence-electron chi connectivity index (χ0n) is 14.5. The molecular weight excluding hydrogens is 359 g/mol. The number of aromatic nitrogens is 1. The van der Waals surface area contributed by atoms with E-state index in [9.17, 15) is 9.59 Å². The Kier molecular flexibility index (Phi) is 6.24. The third-order valence-corrected chi connectivity index (χ3v) is 3.82. The first-order chi connectivity index (χ1) is 12.7. The van der Waals surface area contributed by atoms with Gasteiger partial charge in [-0.05, 0) is 24.3 Å². The van der Waals surface area contributed by atoms with Crippen molar-refractivity contribution < 1.29 is 9.53 Å². The minimum absolute atomic E-state index is 0. The van der Waals surface area contributed by atoms with Crippen molar-refractivity contribution in [2.45, 2.75) is 6.29 Å². The molecule has 3 aromatic rings. The fraction of sp³-hybridized carbons (Fsp3) is 0.0588. The second-order valence-electron chi connectivity index (χ2n) is 5.54. The average Bonchev–Trinajstić information content (AvgIpc) is 3.18. The van der Waals surface area contributed by atoms with Gasteiger partial charge in [-0.3, -0.25) is 14.0 Å². The molecule has 5 N–H and O–H groups in total. The molecule has 1 aliphatic heterocycles. The molecule has 2 aromatic heterocycles. The Bertz CT molecular complexity index is 1000. The van der Waals surface area contributed by atoms with Gasteiger partial charge in [-0.25, -0.2) is 10.9 Å². The molecule has 0 spiro atoms. The van der Waals surface area contributed by atoms with E-state index in [4.69, 9.17) is 4.74 Å². The van der Waals surface area contributed by atoms with Crippen LogP contribution in [0.3, 0.4) is 0 Å². The van der Waals surface area contributed by atoms with Gasteiger partial charge in [-0.15, -0.1) is 0 Å². The van der Waals surface area contributed by atoms with Crippen LogP contribution in [0.1, 0.15) is 10.4 Å². The monoisotopic (exact) mass is 375 g/mol. The number of fused-ring (bicyclic) bond motifs is 1. The van der Waals surface area contributed by atoms with Crippen molar-refractivity contribution >= 4 is 41.0 Å². The zero-order chi connectivity index (χ0) is 17.9. The molecule has 0 saturated carbocycles. The van der Waals surface area contributed by atoms with Crippen LogP contribution >= 0.6 is 0 Å². The van der Waals surface area contributed by atoms with E-state index < -0.39 is 17.8 Å². The van der Waals surface area contributed by atoms with E-state index >= 15 is 0 Å². The number of hydrogen-bond donors (Lipinski definition) is 5. The Morgan fingerprint density at radius 1 is 1.04 bits per heavy atom. The first-order valence-electron chi connectivity index (χ1n) is 7.91. The molecule has 10 heteroatoms. The van der Waals surface area contributed by atoms with Crippen molar-refractivity contribution in [2.24, 2.45) is 0 Å². The molecule has 3 heterocycles. The number of carbonyl (C=O) groups excluding carboxylic acids is 1. The average molecular weight is 375 g/mol. The number of rotatable bonds is 4. The maximum Gasteiger partial charge on any atom is 0.268 e. The molecule has 4 rings (SSSR count). The van der Waals surface area contributed by atoms with Crippen molar-refractivity contribution in [3.8, 4) is 11.5 Å². The van der Waals surface area contributed by atoms with Crippen LogP contribution in [0.4, 0.5) is 0 Å². The Labute approximate surface area is 176 Å². The minimum Gasteiger partial charge on any atom is -0.455 e. The van der Waals surface area contributed by atoms with Crippen LogP contribution < -0.4 is 37.5 Å². The van der Waals surface area contributed by atoms with Gasteiger partial charge in [-0.2, -0.15) is 11.1 Å². The largest absolute Gasteiger partial charge is 0.455 e. The molecule has 27 heavy (non-hydrogen) atoms. The molecule has 0 bridgehead atoms. The van der Waals surface area contributed by atoms with Crippen molar-refractivity contribution in [3.63, 3.8) is 0 Å². The van der Waals surface area contributed by atoms with E-state index in [0.29, 0.717) is 17.0 Å². The van der Waals surface area contributed by atoms with Gasteiger partial charge in [0.05, 0.1) is 5.52 Å². The summed E-state index contributed by atoms with van der Waals surface area (Å²) >= 11 is 0. The van der Waals surface area contributed by atoms with E-state index in [1.807, 2.05) is 18.2 Å². The van der Waals surface area contributed by atoms with E-state index in [1.165, 1.54) is 10.5 Å². The Morgan fingerprint density at radius 3 is 2.48 bits per heavy atom. The summed E-state index contributed by atoms with van der Waals surface area (Å²) in [5.74, 6) is 0.475. The number of nitrogens with zero attached hydrogens (tertiary/aromatic N) is 1. The van der Waals surface area contributed by atoms with E-state index in [0.717, 1.165) is 0 Å². The summed E-state index contributed by atoms with van der Waals surface area (Å²) in [5.41, 5.74) is 10.7. The minimum atomic E-state index is -0.572. The molecule has 1 saturated heterocycles. The topological polar surface area (TPSA) is 108 Å². The van der Waals surface area contributed by atoms with Gasteiger partial charge in [0.2, 0.25) is 0 Å². The predicted octanol–water partition coefficient (Wildman–Crippen LogP) is -0.159. The van der Waals surface area contributed by atoms with Crippen molar-refractivity contribution in [3.05, 3.63) is 76.7 Å². The summed E-state index contributed by atoms with van der Waals surface area (Å²) in [4.78, 5) is 25.3. The van der Waals surface area contributed by atoms with Gasteiger partial charge in [0, 0.05) is 41.8 Å². The van der Waals surface area contributed by atoms with Gasteiger partial charge in [0.25, 0.3) is 11.5 Å². The molecule has 1 radical (unpaired) electrons. The van der Waals surface area contributed by atoms with Crippen LogP contribution in [-0.2, 0) is 0 Å². The SMILES string of the molecule is O=C(NC1NNNN1)c1cc(Oc2ccccc2)c2ccccn2c1=O.[Na]. The van der Waals surface area contributed by atoms with Crippen LogP contribution in [0.25, 0.3) is 5.52 Å². The molecule has 1 aliphatic rings. The Hall–Kier alpha value is -2.24. The maximum absolute atomic E-state index is 12.7. The van der Waals surface area contributed by atoms with Gasteiger partial charge >= 0.3 is 0 Å². The summed E-state index contributed by atoms with van der Waals surface area (Å²) in [6, 6.07) is 15.9. The number of hydrazine groups is 3. The van der Waals surface area contributed by atoms with Gasteiger partial charge in [0.1, 0.15) is 11.3 Å². The number of ether oxygens (including phenoxy) is 1. The van der Waals surface area contributed by atoms with Gasteiger partial charge in [-0.1, -0.05) is 24.3 Å². The number of hydrogen-bond acceptors (Lipinski definition) is 7. The number of amides is 1. The molecule has 133 valence electrons. The molecule has 1 aromatic carbocycles. The van der Waals surface area contributed by atoms with Crippen LogP contribution in [-0.4, -0.2) is 46.2 Å². The second-order valence-corrected chi connectivity index (χ2v) is 5.54. The van der Waals surface area contributed by atoms with E-state index in [2.05, 4.69) is 27.2 Å². The number of benzene rings is 1. The van der Waals surface area contributed by atoms with Crippen LogP contribution in [0.5, 0.6) is 11.5 Å². The van der Waals surface area contributed by atoms with Gasteiger partial charge in [0.15, 0.2) is 12.0 Å². The smallest absolute Gasteiger partial charge is 0.268 e. The Balaban J connectivity index is 0.00000210. The Morgan fingerprint density at radius 2 is 1.74 bits per heavy atom. The van der Waals surface area contributed by atoms with E-state index in [-0.39, 0.29) is 35.1 Å². The molecule has 1 amide bonds. The number of carbonyl (C=O) groups is 1. The zero-order valence-corrected chi connectivity index (χ0v) is 16.5. The second kappa shape index (κ2) is 8.63.